The molecule has 7 nitrogen and oxygen atoms in total. The van der Waals surface area contributed by atoms with Crippen LogP contribution in [-0.2, 0) is 4.79 Å². The van der Waals surface area contributed by atoms with Crippen molar-refractivity contribution in [1.29, 1.82) is 0 Å². The van der Waals surface area contributed by atoms with Crippen molar-refractivity contribution in [3.05, 3.63) is 54.1 Å². The van der Waals surface area contributed by atoms with Crippen LogP contribution < -0.4 is 24.8 Å². The number of carbonyl (C=O) groups is 1. The zero-order valence-electron chi connectivity index (χ0n) is 16.6. The van der Waals surface area contributed by atoms with Gasteiger partial charge in [-0.2, -0.15) is 0 Å². The molecule has 0 aliphatic carbocycles. The first kappa shape index (κ1) is 19.5. The molecule has 2 aromatic carbocycles. The third-order valence-corrected chi connectivity index (χ3v) is 5.29. The summed E-state index contributed by atoms with van der Waals surface area (Å²) in [5.41, 5.74) is 1.09. The van der Waals surface area contributed by atoms with E-state index in [2.05, 4.69) is 21.6 Å². The van der Waals surface area contributed by atoms with Crippen LogP contribution in [0.25, 0.3) is 0 Å². The Hall–Kier alpha value is -2.77. The van der Waals surface area contributed by atoms with E-state index in [0.717, 1.165) is 42.4 Å². The van der Waals surface area contributed by atoms with Crippen molar-refractivity contribution in [3.8, 4) is 17.2 Å². The van der Waals surface area contributed by atoms with Crippen LogP contribution in [0.2, 0.25) is 0 Å². The van der Waals surface area contributed by atoms with E-state index in [1.54, 1.807) is 7.11 Å². The number of amides is 1. The molecule has 0 bridgehead atoms. The normalized spacial score (nSPS) is 21.4. The van der Waals surface area contributed by atoms with Gasteiger partial charge in [0.1, 0.15) is 18.5 Å². The van der Waals surface area contributed by atoms with Crippen LogP contribution in [0.1, 0.15) is 11.6 Å². The fourth-order valence-electron chi connectivity index (χ4n) is 3.82. The van der Waals surface area contributed by atoms with Crippen molar-refractivity contribution in [2.24, 2.45) is 0 Å². The molecule has 0 saturated carbocycles. The maximum atomic E-state index is 12.6. The molecule has 1 amide bonds. The molecule has 2 aliphatic rings. The van der Waals surface area contributed by atoms with Gasteiger partial charge in [0.2, 0.25) is 5.91 Å². The second-order valence-electron chi connectivity index (χ2n) is 7.23. The first-order chi connectivity index (χ1) is 14.2. The zero-order chi connectivity index (χ0) is 20.1. The Morgan fingerprint density at radius 1 is 1.21 bits per heavy atom. The molecule has 1 fully saturated rings. The van der Waals surface area contributed by atoms with Crippen molar-refractivity contribution >= 4 is 5.91 Å². The molecule has 1 saturated heterocycles. The number of nitrogens with zero attached hydrogens (tertiary/aromatic N) is 1. The summed E-state index contributed by atoms with van der Waals surface area (Å²) in [7, 11) is 1.68. The van der Waals surface area contributed by atoms with Crippen LogP contribution in [-0.4, -0.2) is 63.4 Å². The molecule has 2 N–H and O–H groups in total. The average Bonchev–Trinajstić information content (AvgIpc) is 2.78. The SMILES string of the molecule is COc1ccccc1C1CNCCN1CC(=O)NCC1COc2ccccc2O1. The van der Waals surface area contributed by atoms with Gasteiger partial charge in [0.05, 0.1) is 26.2 Å². The van der Waals surface area contributed by atoms with Crippen LogP contribution in [0, 0.1) is 0 Å². The van der Waals surface area contributed by atoms with E-state index in [0.29, 0.717) is 19.7 Å². The summed E-state index contributed by atoms with van der Waals surface area (Å²) in [6.07, 6.45) is -0.193. The number of rotatable bonds is 6. The van der Waals surface area contributed by atoms with Crippen molar-refractivity contribution in [2.45, 2.75) is 12.1 Å². The van der Waals surface area contributed by atoms with E-state index in [-0.39, 0.29) is 18.1 Å². The third-order valence-electron chi connectivity index (χ3n) is 5.29. The molecule has 2 aliphatic heterocycles. The molecule has 0 aromatic heterocycles. The lowest BCUT2D eigenvalue weighted by Gasteiger charge is -2.36. The standard InChI is InChI=1S/C22H27N3O4/c1-27-19-7-3-2-6-17(19)18-13-23-10-11-25(18)14-22(26)24-12-16-15-28-20-8-4-5-9-21(20)29-16/h2-9,16,18,23H,10-15H2,1H3,(H,24,26). The van der Waals surface area contributed by atoms with Gasteiger partial charge in [-0.25, -0.2) is 0 Å². The Bertz CT molecular complexity index is 844. The number of methoxy groups -OCH3 is 1. The Morgan fingerprint density at radius 3 is 2.86 bits per heavy atom. The zero-order valence-corrected chi connectivity index (χ0v) is 16.6. The van der Waals surface area contributed by atoms with Gasteiger partial charge in [-0.3, -0.25) is 9.69 Å². The smallest absolute Gasteiger partial charge is 0.234 e. The summed E-state index contributed by atoms with van der Waals surface area (Å²) in [4.78, 5) is 14.8. The van der Waals surface area contributed by atoms with E-state index in [1.165, 1.54) is 0 Å². The fourth-order valence-corrected chi connectivity index (χ4v) is 3.82. The van der Waals surface area contributed by atoms with Crippen LogP contribution in [0.4, 0.5) is 0 Å². The summed E-state index contributed by atoms with van der Waals surface area (Å²) < 4.78 is 17.1. The predicted octanol–water partition coefficient (Wildman–Crippen LogP) is 1.60. The fraction of sp³-hybridized carbons (Fsp3) is 0.409. The van der Waals surface area contributed by atoms with Crippen molar-refractivity contribution < 1.29 is 19.0 Å². The highest BCUT2D eigenvalue weighted by molar-refractivity contribution is 5.78. The second kappa shape index (κ2) is 9.15. The Morgan fingerprint density at radius 2 is 2.00 bits per heavy atom. The van der Waals surface area contributed by atoms with Crippen molar-refractivity contribution in [3.63, 3.8) is 0 Å². The second-order valence-corrected chi connectivity index (χ2v) is 7.23. The number of fused-ring (bicyclic) bond motifs is 1. The first-order valence-corrected chi connectivity index (χ1v) is 9.97. The highest BCUT2D eigenvalue weighted by Crippen LogP contribution is 2.31. The molecule has 2 atom stereocenters. The van der Waals surface area contributed by atoms with Crippen LogP contribution in [0.15, 0.2) is 48.5 Å². The molecule has 0 spiro atoms. The summed E-state index contributed by atoms with van der Waals surface area (Å²) in [6, 6.07) is 15.7. The highest BCUT2D eigenvalue weighted by Gasteiger charge is 2.28. The predicted molar refractivity (Wildman–Crippen MR) is 110 cm³/mol. The lowest BCUT2D eigenvalue weighted by atomic mass is 10.0. The lowest BCUT2D eigenvalue weighted by Crippen LogP contribution is -2.50. The van der Waals surface area contributed by atoms with Gasteiger partial charge in [0.25, 0.3) is 0 Å². The molecule has 0 radical (unpaired) electrons. The largest absolute Gasteiger partial charge is 0.496 e. The summed E-state index contributed by atoms with van der Waals surface area (Å²) in [6.45, 7) is 3.60. The Balaban J connectivity index is 1.33. The highest BCUT2D eigenvalue weighted by atomic mass is 16.6. The molecule has 2 heterocycles. The van der Waals surface area contributed by atoms with E-state index < -0.39 is 0 Å². The van der Waals surface area contributed by atoms with Gasteiger partial charge in [0.15, 0.2) is 11.5 Å². The molecule has 7 heteroatoms. The van der Waals surface area contributed by atoms with Gasteiger partial charge in [-0.1, -0.05) is 30.3 Å². The number of hydrogen-bond donors (Lipinski definition) is 2. The van der Waals surface area contributed by atoms with E-state index >= 15 is 0 Å². The number of benzene rings is 2. The first-order valence-electron chi connectivity index (χ1n) is 9.97. The van der Waals surface area contributed by atoms with Gasteiger partial charge < -0.3 is 24.8 Å². The minimum Gasteiger partial charge on any atom is -0.496 e. The minimum atomic E-state index is -0.193. The molecule has 29 heavy (non-hydrogen) atoms. The van der Waals surface area contributed by atoms with Crippen LogP contribution in [0.3, 0.4) is 0 Å². The molecule has 2 aromatic rings. The third kappa shape index (κ3) is 4.63. The monoisotopic (exact) mass is 397 g/mol. The Labute approximate surface area is 170 Å². The van der Waals surface area contributed by atoms with Gasteiger partial charge >= 0.3 is 0 Å². The van der Waals surface area contributed by atoms with E-state index in [1.807, 2.05) is 42.5 Å². The van der Waals surface area contributed by atoms with E-state index in [4.69, 9.17) is 14.2 Å². The van der Waals surface area contributed by atoms with Crippen LogP contribution >= 0.6 is 0 Å². The van der Waals surface area contributed by atoms with Crippen molar-refractivity contribution in [1.82, 2.24) is 15.5 Å². The molecular weight excluding hydrogens is 370 g/mol. The van der Waals surface area contributed by atoms with E-state index in [9.17, 15) is 4.79 Å². The Kier molecular flexibility index (Phi) is 6.17. The number of carbonyl (C=O) groups excluding carboxylic acids is 1. The molecule has 2 unspecified atom stereocenters. The topological polar surface area (TPSA) is 72.1 Å². The van der Waals surface area contributed by atoms with Gasteiger partial charge in [-0.15, -0.1) is 0 Å². The van der Waals surface area contributed by atoms with Gasteiger partial charge in [0, 0.05) is 25.2 Å². The van der Waals surface area contributed by atoms with Crippen LogP contribution in [0.5, 0.6) is 17.2 Å². The molecular formula is C22H27N3O4. The summed E-state index contributed by atoms with van der Waals surface area (Å²) >= 11 is 0. The molecule has 4 rings (SSSR count). The summed E-state index contributed by atoms with van der Waals surface area (Å²) in [5, 5.41) is 6.41. The maximum absolute atomic E-state index is 12.6. The number of ether oxygens (including phenoxy) is 3. The summed E-state index contributed by atoms with van der Waals surface area (Å²) in [5.74, 6) is 2.29. The number of para-hydroxylation sites is 3. The average molecular weight is 397 g/mol. The van der Waals surface area contributed by atoms with Gasteiger partial charge in [-0.05, 0) is 18.2 Å². The molecule has 154 valence electrons. The number of piperazine rings is 1. The maximum Gasteiger partial charge on any atom is 0.234 e. The van der Waals surface area contributed by atoms with Crippen molar-refractivity contribution in [2.75, 3.05) is 46.4 Å². The number of nitrogens with one attached hydrogen (secondary N) is 2. The minimum absolute atomic E-state index is 0.0192. The number of hydrogen-bond acceptors (Lipinski definition) is 6. The quantitative estimate of drug-likeness (QED) is 0.772. The lowest BCUT2D eigenvalue weighted by molar-refractivity contribution is -0.123.